The second-order valence-corrected chi connectivity index (χ2v) is 4.46. The number of nitrogens with one attached hydrogen (secondary N) is 2. The Hall–Kier alpha value is -0.610. The second-order valence-electron chi connectivity index (χ2n) is 4.46. The van der Waals surface area contributed by atoms with E-state index in [4.69, 9.17) is 5.11 Å². The first-order chi connectivity index (χ1) is 6.97. The number of carbonyl (C=O) groups excluding carboxylic acids is 1. The summed E-state index contributed by atoms with van der Waals surface area (Å²) in [7, 11) is 0. The van der Waals surface area contributed by atoms with Crippen molar-refractivity contribution in [2.24, 2.45) is 5.92 Å². The molecule has 0 aromatic carbocycles. The van der Waals surface area contributed by atoms with Crippen LogP contribution in [0.25, 0.3) is 0 Å². The first-order valence-electron chi connectivity index (χ1n) is 5.61. The fourth-order valence-electron chi connectivity index (χ4n) is 1.18. The summed E-state index contributed by atoms with van der Waals surface area (Å²) in [5.74, 6) is 0.257. The number of rotatable bonds is 7. The van der Waals surface area contributed by atoms with Crippen LogP contribution < -0.4 is 10.6 Å². The van der Waals surface area contributed by atoms with Crippen molar-refractivity contribution >= 4 is 5.91 Å². The predicted molar refractivity (Wildman–Crippen MR) is 61.6 cm³/mol. The Labute approximate surface area is 92.4 Å². The van der Waals surface area contributed by atoms with Crippen molar-refractivity contribution in [1.82, 2.24) is 10.6 Å². The molecule has 90 valence electrons. The van der Waals surface area contributed by atoms with Crippen LogP contribution in [0, 0.1) is 5.92 Å². The van der Waals surface area contributed by atoms with Gasteiger partial charge in [0.15, 0.2) is 0 Å². The molecular weight excluding hydrogens is 192 g/mol. The molecule has 0 radical (unpaired) electrons. The molecule has 0 aliphatic carbocycles. The average molecular weight is 216 g/mol. The quantitative estimate of drug-likeness (QED) is 0.581. The van der Waals surface area contributed by atoms with Crippen LogP contribution in [0.5, 0.6) is 0 Å². The lowest BCUT2D eigenvalue weighted by molar-refractivity contribution is -0.122. The molecule has 4 nitrogen and oxygen atoms in total. The molecule has 0 rings (SSSR count). The highest BCUT2D eigenvalue weighted by atomic mass is 16.3. The van der Waals surface area contributed by atoms with E-state index in [9.17, 15) is 4.79 Å². The number of carbonyl (C=O) groups is 1. The van der Waals surface area contributed by atoms with Crippen LogP contribution in [0.1, 0.15) is 34.1 Å². The van der Waals surface area contributed by atoms with Gasteiger partial charge >= 0.3 is 0 Å². The van der Waals surface area contributed by atoms with Crippen LogP contribution in [0.3, 0.4) is 0 Å². The van der Waals surface area contributed by atoms with E-state index in [2.05, 4.69) is 10.6 Å². The lowest BCUT2D eigenvalue weighted by atomic mass is 10.1. The van der Waals surface area contributed by atoms with E-state index in [1.54, 1.807) is 0 Å². The zero-order valence-corrected chi connectivity index (χ0v) is 10.2. The highest BCUT2D eigenvalue weighted by Crippen LogP contribution is 2.00. The number of hydrogen-bond acceptors (Lipinski definition) is 3. The van der Waals surface area contributed by atoms with E-state index in [0.717, 1.165) is 0 Å². The van der Waals surface area contributed by atoms with E-state index in [1.807, 2.05) is 27.7 Å². The molecule has 0 saturated heterocycles. The average Bonchev–Trinajstić information content (AvgIpc) is 2.13. The first kappa shape index (κ1) is 14.4. The summed E-state index contributed by atoms with van der Waals surface area (Å²) in [4.78, 5) is 11.4. The van der Waals surface area contributed by atoms with Crippen LogP contribution in [0.2, 0.25) is 0 Å². The lowest BCUT2D eigenvalue weighted by Gasteiger charge is -2.20. The topological polar surface area (TPSA) is 61.4 Å². The van der Waals surface area contributed by atoms with Gasteiger partial charge in [-0.05, 0) is 5.92 Å². The van der Waals surface area contributed by atoms with E-state index in [1.165, 1.54) is 0 Å². The van der Waals surface area contributed by atoms with Gasteiger partial charge in [-0.3, -0.25) is 4.79 Å². The van der Waals surface area contributed by atoms with Gasteiger partial charge in [0.05, 0.1) is 12.6 Å². The Kier molecular flexibility index (Phi) is 7.34. The molecule has 0 aliphatic rings. The summed E-state index contributed by atoms with van der Waals surface area (Å²) in [6.45, 7) is 8.73. The maximum absolute atomic E-state index is 11.4. The van der Waals surface area contributed by atoms with Gasteiger partial charge in [-0.15, -0.1) is 0 Å². The molecule has 0 saturated carbocycles. The minimum atomic E-state index is -0.128. The molecule has 4 heteroatoms. The molecule has 0 fully saturated rings. The van der Waals surface area contributed by atoms with E-state index < -0.39 is 0 Å². The summed E-state index contributed by atoms with van der Waals surface area (Å²) in [5.41, 5.74) is 0. The predicted octanol–water partition coefficient (Wildman–Crippen LogP) is 0.508. The Bertz CT molecular complexity index is 181. The third-order valence-electron chi connectivity index (χ3n) is 2.25. The van der Waals surface area contributed by atoms with Gasteiger partial charge in [0.1, 0.15) is 0 Å². The van der Waals surface area contributed by atoms with E-state index >= 15 is 0 Å². The Morgan fingerprint density at radius 3 is 2.27 bits per heavy atom. The minimum absolute atomic E-state index is 0.00101. The number of amides is 1. The highest BCUT2D eigenvalue weighted by Gasteiger charge is 2.14. The van der Waals surface area contributed by atoms with Gasteiger partial charge in [-0.25, -0.2) is 0 Å². The zero-order chi connectivity index (χ0) is 11.8. The number of aliphatic hydroxyl groups excluding tert-OH is 1. The van der Waals surface area contributed by atoms with Crippen molar-refractivity contribution in [3.8, 4) is 0 Å². The Morgan fingerprint density at radius 2 is 1.87 bits per heavy atom. The lowest BCUT2D eigenvalue weighted by Crippen LogP contribution is -2.42. The molecule has 0 bridgehead atoms. The summed E-state index contributed by atoms with van der Waals surface area (Å²) < 4.78 is 0. The van der Waals surface area contributed by atoms with Gasteiger partial charge in [-0.2, -0.15) is 0 Å². The normalized spacial score (nSPS) is 13.3. The number of aliphatic hydroxyl groups is 1. The third-order valence-corrected chi connectivity index (χ3v) is 2.25. The van der Waals surface area contributed by atoms with E-state index in [0.29, 0.717) is 19.0 Å². The fraction of sp³-hybridized carbons (Fsp3) is 0.909. The molecular formula is C11H24N2O2. The summed E-state index contributed by atoms with van der Waals surface area (Å²) in [6, 6.07) is 0.271. The smallest absolute Gasteiger partial charge is 0.221 e. The van der Waals surface area contributed by atoms with Crippen molar-refractivity contribution in [2.45, 2.75) is 46.2 Å². The summed E-state index contributed by atoms with van der Waals surface area (Å²) in [5, 5.41) is 15.0. The second kappa shape index (κ2) is 7.65. The maximum Gasteiger partial charge on any atom is 0.221 e. The van der Waals surface area contributed by atoms with Crippen molar-refractivity contribution in [3.63, 3.8) is 0 Å². The molecule has 15 heavy (non-hydrogen) atoms. The van der Waals surface area contributed by atoms with Gasteiger partial charge in [0, 0.05) is 19.0 Å². The standard InChI is InChI=1S/C11H24N2O2/c1-8(2)10(7-14)13-11(15)5-6-12-9(3)4/h8-10,12,14H,5-7H2,1-4H3,(H,13,15)/t10-/m1/s1. The zero-order valence-electron chi connectivity index (χ0n) is 10.2. The summed E-state index contributed by atoms with van der Waals surface area (Å²) >= 11 is 0. The molecule has 0 aromatic rings. The maximum atomic E-state index is 11.4. The Balaban J connectivity index is 3.72. The monoisotopic (exact) mass is 216 g/mol. The fourth-order valence-corrected chi connectivity index (χ4v) is 1.18. The van der Waals surface area contributed by atoms with Gasteiger partial charge in [-0.1, -0.05) is 27.7 Å². The van der Waals surface area contributed by atoms with Gasteiger partial charge in [0.25, 0.3) is 0 Å². The molecule has 1 amide bonds. The van der Waals surface area contributed by atoms with Gasteiger partial charge in [0.2, 0.25) is 5.91 Å². The van der Waals surface area contributed by atoms with Crippen molar-refractivity contribution in [2.75, 3.05) is 13.2 Å². The molecule has 0 heterocycles. The first-order valence-corrected chi connectivity index (χ1v) is 5.61. The van der Waals surface area contributed by atoms with Crippen molar-refractivity contribution < 1.29 is 9.90 Å². The van der Waals surface area contributed by atoms with Crippen LogP contribution in [-0.2, 0) is 4.79 Å². The Morgan fingerprint density at radius 1 is 1.27 bits per heavy atom. The van der Waals surface area contributed by atoms with Crippen LogP contribution >= 0.6 is 0 Å². The molecule has 0 spiro atoms. The van der Waals surface area contributed by atoms with Gasteiger partial charge < -0.3 is 15.7 Å². The number of hydrogen-bond donors (Lipinski definition) is 3. The molecule has 0 aliphatic heterocycles. The molecule has 1 atom stereocenters. The highest BCUT2D eigenvalue weighted by molar-refractivity contribution is 5.76. The SMILES string of the molecule is CC(C)NCCC(=O)N[C@H](CO)C(C)C. The van der Waals surface area contributed by atoms with E-state index in [-0.39, 0.29) is 24.5 Å². The largest absolute Gasteiger partial charge is 0.394 e. The molecule has 0 unspecified atom stereocenters. The van der Waals surface area contributed by atoms with Crippen LogP contribution in [-0.4, -0.2) is 36.2 Å². The minimum Gasteiger partial charge on any atom is -0.394 e. The van der Waals surface area contributed by atoms with Crippen LogP contribution in [0.4, 0.5) is 0 Å². The van der Waals surface area contributed by atoms with Crippen molar-refractivity contribution in [3.05, 3.63) is 0 Å². The summed E-state index contributed by atoms with van der Waals surface area (Å²) in [6.07, 6.45) is 0.460. The molecule has 3 N–H and O–H groups in total. The van der Waals surface area contributed by atoms with Crippen molar-refractivity contribution in [1.29, 1.82) is 0 Å². The third kappa shape index (κ3) is 7.33. The molecule has 0 aromatic heterocycles. The van der Waals surface area contributed by atoms with Crippen LogP contribution in [0.15, 0.2) is 0 Å².